The van der Waals surface area contributed by atoms with E-state index in [9.17, 15) is 4.79 Å². The minimum absolute atomic E-state index is 0.00310. The molecule has 1 heterocycles. The van der Waals surface area contributed by atoms with E-state index in [0.717, 1.165) is 19.4 Å². The van der Waals surface area contributed by atoms with Crippen molar-refractivity contribution in [2.75, 3.05) is 20.1 Å². The Balaban J connectivity index is 2.41. The second-order valence-corrected chi connectivity index (χ2v) is 3.05. The first kappa shape index (κ1) is 9.08. The van der Waals surface area contributed by atoms with Gasteiger partial charge in [-0.3, -0.25) is 4.79 Å². The number of terminal acetylenes is 1. The molecule has 3 heteroatoms. The van der Waals surface area contributed by atoms with Crippen LogP contribution in [0.3, 0.4) is 0 Å². The highest BCUT2D eigenvalue weighted by molar-refractivity contribution is 5.82. The number of carbonyl (C=O) groups is 1. The van der Waals surface area contributed by atoms with E-state index >= 15 is 0 Å². The molecule has 1 rings (SSSR count). The first-order valence-electron chi connectivity index (χ1n) is 4.17. The summed E-state index contributed by atoms with van der Waals surface area (Å²) in [4.78, 5) is 13.1. The lowest BCUT2D eigenvalue weighted by atomic mass is 10.2. The minimum Gasteiger partial charge on any atom is -0.333 e. The molecule has 0 aliphatic carbocycles. The number of hydrogen-bond acceptors (Lipinski definition) is 2. The molecule has 12 heavy (non-hydrogen) atoms. The zero-order valence-electron chi connectivity index (χ0n) is 7.34. The molecule has 0 bridgehead atoms. The fraction of sp³-hybridized carbons (Fsp3) is 0.667. The van der Waals surface area contributed by atoms with E-state index in [2.05, 4.69) is 11.2 Å². The third-order valence-electron chi connectivity index (χ3n) is 2.06. The number of nitrogens with one attached hydrogen (secondary N) is 1. The SMILES string of the molecule is C#CCN(C)C(=O)[C@@H]1CCCN1. The van der Waals surface area contributed by atoms with E-state index in [0.29, 0.717) is 6.54 Å². The zero-order chi connectivity index (χ0) is 8.97. The maximum atomic E-state index is 11.5. The van der Waals surface area contributed by atoms with E-state index in [1.54, 1.807) is 11.9 Å². The van der Waals surface area contributed by atoms with E-state index in [1.165, 1.54) is 0 Å². The highest BCUT2D eigenvalue weighted by Crippen LogP contribution is 2.06. The molecule has 1 N–H and O–H groups in total. The molecule has 1 fully saturated rings. The molecule has 0 saturated carbocycles. The number of likely N-dealkylation sites (N-methyl/N-ethyl adjacent to an activating group) is 1. The van der Waals surface area contributed by atoms with Crippen LogP contribution in [0.1, 0.15) is 12.8 Å². The van der Waals surface area contributed by atoms with Crippen molar-refractivity contribution in [2.45, 2.75) is 18.9 Å². The lowest BCUT2D eigenvalue weighted by Gasteiger charge is -2.18. The summed E-state index contributed by atoms with van der Waals surface area (Å²) in [5.41, 5.74) is 0. The molecule has 1 atom stereocenters. The van der Waals surface area contributed by atoms with Crippen molar-refractivity contribution in [3.63, 3.8) is 0 Å². The van der Waals surface area contributed by atoms with Crippen molar-refractivity contribution in [1.29, 1.82) is 0 Å². The summed E-state index contributed by atoms with van der Waals surface area (Å²) in [6, 6.07) is 0.00310. The molecule has 3 nitrogen and oxygen atoms in total. The molecule has 0 aromatic carbocycles. The molecule has 1 saturated heterocycles. The van der Waals surface area contributed by atoms with Gasteiger partial charge in [0.25, 0.3) is 0 Å². The van der Waals surface area contributed by atoms with Crippen LogP contribution in [0.4, 0.5) is 0 Å². The standard InChI is InChI=1S/C9H14N2O/c1-3-7-11(2)9(12)8-5-4-6-10-8/h1,8,10H,4-7H2,2H3/t8-/m0/s1. The quantitative estimate of drug-likeness (QED) is 0.578. The number of rotatable bonds is 2. The maximum Gasteiger partial charge on any atom is 0.240 e. The molecule has 0 aromatic heterocycles. The Kier molecular flexibility index (Phi) is 3.12. The Bertz CT molecular complexity index is 201. The average Bonchev–Trinajstić information content (AvgIpc) is 2.55. The van der Waals surface area contributed by atoms with Crippen molar-refractivity contribution >= 4 is 5.91 Å². The average molecular weight is 166 g/mol. The molecule has 0 aromatic rings. The number of amides is 1. The molecule has 1 aliphatic rings. The molecule has 1 aliphatic heterocycles. The lowest BCUT2D eigenvalue weighted by molar-refractivity contribution is -0.131. The van der Waals surface area contributed by atoms with Gasteiger partial charge in [0.05, 0.1) is 12.6 Å². The molecule has 1 amide bonds. The summed E-state index contributed by atoms with van der Waals surface area (Å²) >= 11 is 0. The van der Waals surface area contributed by atoms with Crippen LogP contribution in [-0.4, -0.2) is 37.0 Å². The predicted molar refractivity (Wildman–Crippen MR) is 47.5 cm³/mol. The van der Waals surface area contributed by atoms with Gasteiger partial charge >= 0.3 is 0 Å². The molecule has 0 spiro atoms. The molecular formula is C9H14N2O. The molecular weight excluding hydrogens is 152 g/mol. The van der Waals surface area contributed by atoms with E-state index in [-0.39, 0.29) is 11.9 Å². The number of nitrogens with zero attached hydrogens (tertiary/aromatic N) is 1. The monoisotopic (exact) mass is 166 g/mol. The fourth-order valence-electron chi connectivity index (χ4n) is 1.38. The van der Waals surface area contributed by atoms with Crippen LogP contribution in [0, 0.1) is 12.3 Å². The summed E-state index contributed by atoms with van der Waals surface area (Å²) in [5.74, 6) is 2.57. The second-order valence-electron chi connectivity index (χ2n) is 3.05. The van der Waals surface area contributed by atoms with Crippen molar-refractivity contribution in [2.24, 2.45) is 0 Å². The van der Waals surface area contributed by atoms with Crippen LogP contribution < -0.4 is 5.32 Å². The van der Waals surface area contributed by atoms with E-state index < -0.39 is 0 Å². The smallest absolute Gasteiger partial charge is 0.240 e. The first-order chi connectivity index (χ1) is 5.75. The minimum atomic E-state index is 0.00310. The lowest BCUT2D eigenvalue weighted by Crippen LogP contribution is -2.41. The Labute approximate surface area is 73.1 Å². The van der Waals surface area contributed by atoms with Crippen LogP contribution >= 0.6 is 0 Å². The topological polar surface area (TPSA) is 32.3 Å². The summed E-state index contributed by atoms with van der Waals surface area (Å²) in [5, 5.41) is 3.14. The third-order valence-corrected chi connectivity index (χ3v) is 2.06. The maximum absolute atomic E-state index is 11.5. The van der Waals surface area contributed by atoms with Gasteiger partial charge in [-0.1, -0.05) is 5.92 Å². The summed E-state index contributed by atoms with van der Waals surface area (Å²) in [6.07, 6.45) is 7.12. The van der Waals surface area contributed by atoms with Gasteiger partial charge in [0.1, 0.15) is 0 Å². The predicted octanol–water partition coefficient (Wildman–Crippen LogP) is -0.170. The normalized spacial score (nSPS) is 21.8. The molecule has 66 valence electrons. The van der Waals surface area contributed by atoms with Crippen molar-refractivity contribution in [1.82, 2.24) is 10.2 Å². The van der Waals surface area contributed by atoms with Gasteiger partial charge in [0.2, 0.25) is 5.91 Å². The van der Waals surface area contributed by atoms with Crippen molar-refractivity contribution in [3.05, 3.63) is 0 Å². The summed E-state index contributed by atoms with van der Waals surface area (Å²) in [7, 11) is 1.74. The first-order valence-corrected chi connectivity index (χ1v) is 4.17. The van der Waals surface area contributed by atoms with Crippen LogP contribution in [-0.2, 0) is 4.79 Å². The van der Waals surface area contributed by atoms with E-state index in [4.69, 9.17) is 6.42 Å². The van der Waals surface area contributed by atoms with Gasteiger partial charge in [0, 0.05) is 7.05 Å². The van der Waals surface area contributed by atoms with Gasteiger partial charge in [0.15, 0.2) is 0 Å². The van der Waals surface area contributed by atoms with Gasteiger partial charge in [-0.2, -0.15) is 0 Å². The zero-order valence-corrected chi connectivity index (χ0v) is 7.34. The Morgan fingerprint density at radius 3 is 3.08 bits per heavy atom. The van der Waals surface area contributed by atoms with Crippen LogP contribution in [0.5, 0.6) is 0 Å². The Morgan fingerprint density at radius 2 is 2.58 bits per heavy atom. The second kappa shape index (κ2) is 4.13. The van der Waals surface area contributed by atoms with Crippen LogP contribution in [0.25, 0.3) is 0 Å². The van der Waals surface area contributed by atoms with Gasteiger partial charge in [-0.05, 0) is 19.4 Å². The highest BCUT2D eigenvalue weighted by Gasteiger charge is 2.24. The third kappa shape index (κ3) is 1.99. The number of hydrogen-bond donors (Lipinski definition) is 1. The summed E-state index contributed by atoms with van der Waals surface area (Å²) < 4.78 is 0. The van der Waals surface area contributed by atoms with Crippen LogP contribution in [0.15, 0.2) is 0 Å². The fourth-order valence-corrected chi connectivity index (χ4v) is 1.38. The van der Waals surface area contributed by atoms with Crippen LogP contribution in [0.2, 0.25) is 0 Å². The summed E-state index contributed by atoms with van der Waals surface area (Å²) in [6.45, 7) is 1.34. The van der Waals surface area contributed by atoms with Crippen molar-refractivity contribution in [3.8, 4) is 12.3 Å². The Hall–Kier alpha value is -1.01. The molecule has 0 radical (unpaired) electrons. The van der Waals surface area contributed by atoms with Gasteiger partial charge < -0.3 is 10.2 Å². The highest BCUT2D eigenvalue weighted by atomic mass is 16.2. The van der Waals surface area contributed by atoms with Gasteiger partial charge in [-0.15, -0.1) is 6.42 Å². The molecule has 0 unspecified atom stereocenters. The number of carbonyl (C=O) groups excluding carboxylic acids is 1. The van der Waals surface area contributed by atoms with Crippen molar-refractivity contribution < 1.29 is 4.79 Å². The Morgan fingerprint density at radius 1 is 1.83 bits per heavy atom. The van der Waals surface area contributed by atoms with E-state index in [1.807, 2.05) is 0 Å². The largest absolute Gasteiger partial charge is 0.333 e. The van der Waals surface area contributed by atoms with Gasteiger partial charge in [-0.25, -0.2) is 0 Å².